The highest BCUT2D eigenvalue weighted by Crippen LogP contribution is 2.91. The molecule has 142 valence electrons. The lowest BCUT2D eigenvalue weighted by atomic mass is 9.63. The number of hydrogen-bond donors (Lipinski definition) is 0. The third-order valence-corrected chi connectivity index (χ3v) is 9.57. The van der Waals surface area contributed by atoms with Crippen molar-refractivity contribution in [1.82, 2.24) is 0 Å². The molecule has 5 aliphatic carbocycles. The fourth-order valence-corrected chi connectivity index (χ4v) is 9.04. The molecular formula is C24H34O2. The average Bonchev–Trinajstić information content (AvgIpc) is 2.93. The van der Waals surface area contributed by atoms with E-state index in [0.29, 0.717) is 23.2 Å². The number of fused-ring (bicyclic) bond motifs is 1. The second kappa shape index (κ2) is 6.06. The highest BCUT2D eigenvalue weighted by Gasteiger charge is 2.86. The molecule has 5 aliphatic rings. The van der Waals surface area contributed by atoms with Crippen molar-refractivity contribution >= 4 is 6.29 Å². The van der Waals surface area contributed by atoms with Crippen LogP contribution >= 0.6 is 0 Å². The van der Waals surface area contributed by atoms with Crippen molar-refractivity contribution in [2.75, 3.05) is 7.11 Å². The van der Waals surface area contributed by atoms with E-state index in [1.807, 2.05) is 13.2 Å². The lowest BCUT2D eigenvalue weighted by Gasteiger charge is -2.42. The van der Waals surface area contributed by atoms with E-state index >= 15 is 0 Å². The molecule has 26 heavy (non-hydrogen) atoms. The molecule has 5 fully saturated rings. The van der Waals surface area contributed by atoms with Crippen LogP contribution in [0.2, 0.25) is 0 Å². The van der Waals surface area contributed by atoms with Gasteiger partial charge in [0.1, 0.15) is 6.29 Å². The van der Waals surface area contributed by atoms with Gasteiger partial charge >= 0.3 is 0 Å². The quantitative estimate of drug-likeness (QED) is 0.611. The minimum absolute atomic E-state index is 0.268. The first-order valence-electron chi connectivity index (χ1n) is 11.1. The Balaban J connectivity index is 1.54. The summed E-state index contributed by atoms with van der Waals surface area (Å²) in [6, 6.07) is 0. The molecule has 2 heteroatoms. The van der Waals surface area contributed by atoms with E-state index in [4.69, 9.17) is 4.74 Å². The van der Waals surface area contributed by atoms with Gasteiger partial charge in [0.15, 0.2) is 0 Å². The predicted molar refractivity (Wildman–Crippen MR) is 104 cm³/mol. The number of hydrogen-bond acceptors (Lipinski definition) is 2. The summed E-state index contributed by atoms with van der Waals surface area (Å²) in [7, 11) is 1.89. The summed E-state index contributed by atoms with van der Waals surface area (Å²) in [5, 5.41) is 0. The summed E-state index contributed by atoms with van der Waals surface area (Å²) in [5.41, 5.74) is 4.06. The molecule has 0 aromatic carbocycles. The van der Waals surface area contributed by atoms with E-state index < -0.39 is 0 Å². The Morgan fingerprint density at radius 1 is 1.19 bits per heavy atom. The van der Waals surface area contributed by atoms with Crippen LogP contribution in [0.5, 0.6) is 0 Å². The maximum absolute atomic E-state index is 11.0. The Hall–Kier alpha value is -0.890. The van der Waals surface area contributed by atoms with Crippen LogP contribution in [0.15, 0.2) is 23.8 Å². The largest absolute Gasteiger partial charge is 0.377 e. The summed E-state index contributed by atoms with van der Waals surface area (Å²) >= 11 is 0. The molecule has 2 nitrogen and oxygen atoms in total. The van der Waals surface area contributed by atoms with E-state index in [-0.39, 0.29) is 6.10 Å². The number of ether oxygens (including phenoxy) is 1. The van der Waals surface area contributed by atoms with Gasteiger partial charge in [-0.25, -0.2) is 0 Å². The molecule has 0 amide bonds. The fraction of sp³-hybridized carbons (Fsp3) is 0.792. The van der Waals surface area contributed by atoms with Crippen LogP contribution < -0.4 is 0 Å². The van der Waals surface area contributed by atoms with Crippen molar-refractivity contribution in [2.24, 2.45) is 34.5 Å². The zero-order valence-electron chi connectivity index (χ0n) is 16.3. The second-order valence-electron chi connectivity index (χ2n) is 9.77. The SMILES string of the molecule is C=C/C(CCC=O)=C1\C(OC)CC23C1CCC21C2CCCCC2CCC31. The third-order valence-electron chi connectivity index (χ3n) is 9.57. The minimum atomic E-state index is 0.268. The first-order valence-corrected chi connectivity index (χ1v) is 11.1. The zero-order valence-corrected chi connectivity index (χ0v) is 16.3. The molecule has 0 aromatic rings. The van der Waals surface area contributed by atoms with Gasteiger partial charge in [0, 0.05) is 13.5 Å². The molecule has 7 atom stereocenters. The van der Waals surface area contributed by atoms with Gasteiger partial charge in [0.05, 0.1) is 6.10 Å². The van der Waals surface area contributed by atoms with Crippen molar-refractivity contribution in [2.45, 2.75) is 76.7 Å². The molecule has 0 aliphatic heterocycles. The van der Waals surface area contributed by atoms with E-state index in [2.05, 4.69) is 6.58 Å². The van der Waals surface area contributed by atoms with Crippen LogP contribution in [-0.2, 0) is 9.53 Å². The number of allylic oxidation sites excluding steroid dienone is 2. The van der Waals surface area contributed by atoms with E-state index in [1.54, 1.807) is 5.57 Å². The van der Waals surface area contributed by atoms with Gasteiger partial charge in [-0.05, 0) is 90.6 Å². The zero-order chi connectivity index (χ0) is 17.9. The van der Waals surface area contributed by atoms with Crippen molar-refractivity contribution < 1.29 is 9.53 Å². The van der Waals surface area contributed by atoms with E-state index in [1.165, 1.54) is 63.4 Å². The topological polar surface area (TPSA) is 26.3 Å². The molecule has 0 radical (unpaired) electrons. The van der Waals surface area contributed by atoms with Crippen molar-refractivity contribution in [3.8, 4) is 0 Å². The molecular weight excluding hydrogens is 320 g/mol. The maximum Gasteiger partial charge on any atom is 0.120 e. The summed E-state index contributed by atoms with van der Waals surface area (Å²) in [4.78, 5) is 11.0. The van der Waals surface area contributed by atoms with Gasteiger partial charge in [0.25, 0.3) is 0 Å². The van der Waals surface area contributed by atoms with Crippen molar-refractivity contribution in [1.29, 1.82) is 0 Å². The first kappa shape index (κ1) is 17.2. The molecule has 0 saturated heterocycles. The van der Waals surface area contributed by atoms with Gasteiger partial charge in [0.2, 0.25) is 0 Å². The Morgan fingerprint density at radius 3 is 2.81 bits per heavy atom. The summed E-state index contributed by atoms with van der Waals surface area (Å²) in [6.45, 7) is 4.10. The molecule has 5 rings (SSSR count). The van der Waals surface area contributed by atoms with Crippen molar-refractivity contribution in [3.05, 3.63) is 23.8 Å². The molecule has 0 aromatic heterocycles. The van der Waals surface area contributed by atoms with Gasteiger partial charge < -0.3 is 9.53 Å². The fourth-order valence-electron chi connectivity index (χ4n) is 9.04. The highest BCUT2D eigenvalue weighted by molar-refractivity contribution is 5.52. The van der Waals surface area contributed by atoms with E-state index in [0.717, 1.165) is 30.5 Å². The van der Waals surface area contributed by atoms with Crippen LogP contribution in [0.4, 0.5) is 0 Å². The van der Waals surface area contributed by atoms with Crippen LogP contribution in [0.25, 0.3) is 0 Å². The summed E-state index contributed by atoms with van der Waals surface area (Å²) in [5.74, 6) is 3.68. The Bertz CT molecular complexity index is 649. The lowest BCUT2D eigenvalue weighted by molar-refractivity contribution is -0.107. The number of carbonyl (C=O) groups is 1. The molecule has 0 heterocycles. The van der Waals surface area contributed by atoms with Gasteiger partial charge in [-0.2, -0.15) is 0 Å². The summed E-state index contributed by atoms with van der Waals surface area (Å²) < 4.78 is 6.06. The third kappa shape index (κ3) is 1.90. The normalized spacial score (nSPS) is 50.3. The van der Waals surface area contributed by atoms with Crippen LogP contribution in [0, 0.1) is 34.5 Å². The Morgan fingerprint density at radius 2 is 2.04 bits per heavy atom. The number of rotatable bonds is 5. The molecule has 5 saturated carbocycles. The van der Waals surface area contributed by atoms with Gasteiger partial charge in [-0.3, -0.25) is 0 Å². The number of carbonyl (C=O) groups excluding carboxylic acids is 1. The predicted octanol–water partition coefficient (Wildman–Crippen LogP) is 5.48. The standard InChI is InChI=1S/C24H34O2/c1-3-16(8-6-14-25)22-19-12-13-23-18-9-5-4-7-17(18)10-11-21(23)24(19,23)15-20(22)26-2/h3,14,17-21H,1,4-13,15H2,2H3/b22-16+. The Labute approximate surface area is 158 Å². The first-order chi connectivity index (χ1) is 12.7. The highest BCUT2D eigenvalue weighted by atomic mass is 16.5. The molecule has 2 spiro atoms. The minimum Gasteiger partial charge on any atom is -0.377 e. The number of aldehydes is 1. The summed E-state index contributed by atoms with van der Waals surface area (Å²) in [6.07, 6.45) is 17.7. The molecule has 7 unspecified atom stereocenters. The smallest absolute Gasteiger partial charge is 0.120 e. The van der Waals surface area contributed by atoms with Crippen LogP contribution in [0.3, 0.4) is 0 Å². The van der Waals surface area contributed by atoms with Crippen LogP contribution in [0.1, 0.15) is 70.6 Å². The monoisotopic (exact) mass is 354 g/mol. The molecule has 0 bridgehead atoms. The Kier molecular flexibility index (Phi) is 4.01. The second-order valence-corrected chi connectivity index (χ2v) is 9.77. The van der Waals surface area contributed by atoms with Crippen LogP contribution in [-0.4, -0.2) is 19.5 Å². The lowest BCUT2D eigenvalue weighted by Crippen LogP contribution is -2.33. The average molecular weight is 355 g/mol. The van der Waals surface area contributed by atoms with Crippen molar-refractivity contribution in [3.63, 3.8) is 0 Å². The molecule has 0 N–H and O–H groups in total. The maximum atomic E-state index is 11.0. The van der Waals surface area contributed by atoms with Gasteiger partial charge in [-0.1, -0.05) is 31.9 Å². The van der Waals surface area contributed by atoms with E-state index in [9.17, 15) is 4.79 Å². The van der Waals surface area contributed by atoms with Gasteiger partial charge in [-0.15, -0.1) is 0 Å². The number of methoxy groups -OCH3 is 1.